The van der Waals surface area contributed by atoms with Crippen LogP contribution < -0.4 is 5.73 Å². The molecule has 2 aromatic carbocycles. The first kappa shape index (κ1) is 21.1. The van der Waals surface area contributed by atoms with Crippen molar-refractivity contribution in [2.45, 2.75) is 27.2 Å². The largest absolute Gasteiger partial charge is 0.390 e. The molecule has 0 saturated heterocycles. The average molecular weight is 391 g/mol. The molecule has 3 aromatic rings. The number of Topliss-reactive ketones (excluding diaryl/α,β-unsaturated/α-hetero) is 1. The molecule has 0 aliphatic carbocycles. The summed E-state index contributed by atoms with van der Waals surface area (Å²) >= 11 is 1.41. The first-order chi connectivity index (χ1) is 13.3. The molecule has 142 valence electrons. The highest BCUT2D eigenvalue weighted by Gasteiger charge is 2.16. The van der Waals surface area contributed by atoms with Crippen LogP contribution in [0.4, 0.5) is 5.00 Å². The van der Waals surface area contributed by atoms with Gasteiger partial charge in [0.25, 0.3) is 0 Å². The molecular weight excluding hydrogens is 368 g/mol. The summed E-state index contributed by atoms with van der Waals surface area (Å²) in [7, 11) is 0. The van der Waals surface area contributed by atoms with Gasteiger partial charge in [-0.05, 0) is 31.7 Å². The number of rotatable bonds is 4. The van der Waals surface area contributed by atoms with Crippen molar-refractivity contribution in [3.8, 4) is 6.07 Å². The van der Waals surface area contributed by atoms with E-state index >= 15 is 0 Å². The van der Waals surface area contributed by atoms with E-state index < -0.39 is 0 Å². The second-order valence-corrected chi connectivity index (χ2v) is 7.39. The molecule has 0 amide bonds. The van der Waals surface area contributed by atoms with E-state index in [1.54, 1.807) is 12.1 Å². The molecule has 4 nitrogen and oxygen atoms in total. The Labute approximate surface area is 169 Å². The van der Waals surface area contributed by atoms with Gasteiger partial charge >= 0.3 is 0 Å². The van der Waals surface area contributed by atoms with Crippen LogP contribution >= 0.6 is 11.3 Å². The summed E-state index contributed by atoms with van der Waals surface area (Å²) in [5.74, 6) is -0.103. The van der Waals surface area contributed by atoms with Crippen LogP contribution in [0.25, 0.3) is 0 Å². The maximum atomic E-state index is 12.2. The predicted octanol–water partition coefficient (Wildman–Crippen LogP) is 5.27. The molecule has 5 heteroatoms. The van der Waals surface area contributed by atoms with Crippen molar-refractivity contribution in [3.05, 3.63) is 87.3 Å². The zero-order valence-corrected chi connectivity index (χ0v) is 17.0. The molecular formula is C23H22N2O2S. The number of benzene rings is 2. The van der Waals surface area contributed by atoms with Crippen LogP contribution in [-0.2, 0) is 0 Å². The Bertz CT molecular complexity index is 991. The topological polar surface area (TPSA) is 84.0 Å². The summed E-state index contributed by atoms with van der Waals surface area (Å²) < 4.78 is 0. The Balaban J connectivity index is 0.000000209. The van der Waals surface area contributed by atoms with Crippen LogP contribution in [0.15, 0.2) is 53.9 Å². The molecule has 0 unspecified atom stereocenters. The van der Waals surface area contributed by atoms with Gasteiger partial charge in [0, 0.05) is 11.1 Å². The Kier molecular flexibility index (Phi) is 7.25. The normalized spacial score (nSPS) is 9.79. The monoisotopic (exact) mass is 390 g/mol. The van der Waals surface area contributed by atoms with E-state index in [-0.39, 0.29) is 18.0 Å². The molecule has 0 atom stereocenters. The number of thiophene rings is 1. The van der Waals surface area contributed by atoms with E-state index in [9.17, 15) is 9.59 Å². The van der Waals surface area contributed by atoms with Crippen molar-refractivity contribution in [1.82, 2.24) is 0 Å². The van der Waals surface area contributed by atoms with Crippen LogP contribution in [0, 0.1) is 32.1 Å². The summed E-state index contributed by atoms with van der Waals surface area (Å²) in [6, 6.07) is 16.6. The molecule has 3 rings (SSSR count). The van der Waals surface area contributed by atoms with E-state index in [1.807, 2.05) is 68.6 Å². The van der Waals surface area contributed by atoms with Gasteiger partial charge in [-0.15, -0.1) is 11.3 Å². The lowest BCUT2D eigenvalue weighted by molar-refractivity contribution is 0.0996. The minimum absolute atomic E-state index is 0.0104. The van der Waals surface area contributed by atoms with Crippen molar-refractivity contribution in [3.63, 3.8) is 0 Å². The van der Waals surface area contributed by atoms with E-state index in [4.69, 9.17) is 11.0 Å². The number of nitrogen functional groups attached to an aromatic ring is 1. The van der Waals surface area contributed by atoms with Crippen LogP contribution in [0.5, 0.6) is 0 Å². The lowest BCUT2D eigenvalue weighted by atomic mass is 10.0. The summed E-state index contributed by atoms with van der Waals surface area (Å²) in [6.07, 6.45) is -0.0386. The Hall–Kier alpha value is -3.23. The zero-order chi connectivity index (χ0) is 20.7. The van der Waals surface area contributed by atoms with Gasteiger partial charge in [-0.2, -0.15) is 5.26 Å². The number of hydrogen-bond donors (Lipinski definition) is 1. The third-order valence-electron chi connectivity index (χ3n) is 4.16. The second-order valence-electron chi connectivity index (χ2n) is 6.48. The van der Waals surface area contributed by atoms with Crippen molar-refractivity contribution >= 4 is 27.9 Å². The molecule has 0 radical (unpaired) electrons. The second kappa shape index (κ2) is 9.63. The van der Waals surface area contributed by atoms with Gasteiger partial charge in [-0.3, -0.25) is 9.59 Å². The zero-order valence-electron chi connectivity index (χ0n) is 16.2. The van der Waals surface area contributed by atoms with E-state index in [2.05, 4.69) is 0 Å². The smallest absolute Gasteiger partial charge is 0.196 e. The molecule has 1 aromatic heterocycles. The number of carbonyl (C=O) groups excluding carboxylic acids is 2. The molecule has 1 heterocycles. The van der Waals surface area contributed by atoms with E-state index in [0.29, 0.717) is 21.7 Å². The molecule has 0 aliphatic rings. The highest BCUT2D eigenvalue weighted by Crippen LogP contribution is 2.26. The van der Waals surface area contributed by atoms with Gasteiger partial charge in [0.1, 0.15) is 0 Å². The Morgan fingerprint density at radius 1 is 0.929 bits per heavy atom. The summed E-state index contributed by atoms with van der Waals surface area (Å²) in [6.45, 7) is 5.87. The highest BCUT2D eigenvalue weighted by atomic mass is 32.1. The first-order valence-electron chi connectivity index (χ1n) is 8.75. The van der Waals surface area contributed by atoms with Crippen molar-refractivity contribution < 1.29 is 9.59 Å². The van der Waals surface area contributed by atoms with Gasteiger partial charge in [0.2, 0.25) is 0 Å². The van der Waals surface area contributed by atoms with Crippen molar-refractivity contribution in [2.75, 3.05) is 5.73 Å². The molecule has 0 aliphatic heterocycles. The molecule has 2 N–H and O–H groups in total. The third-order valence-corrected chi connectivity index (χ3v) is 5.09. The predicted molar refractivity (Wildman–Crippen MR) is 114 cm³/mol. The lowest BCUT2D eigenvalue weighted by Gasteiger charge is -2.02. The summed E-state index contributed by atoms with van der Waals surface area (Å²) in [5, 5.41) is 10.8. The first-order valence-corrected chi connectivity index (χ1v) is 9.63. The Morgan fingerprint density at radius 2 is 1.43 bits per heavy atom. The number of aryl methyl sites for hydroxylation is 3. The van der Waals surface area contributed by atoms with Crippen molar-refractivity contribution in [1.29, 1.82) is 5.26 Å². The fraction of sp³-hybridized carbons (Fsp3) is 0.174. The average Bonchev–Trinajstić information content (AvgIpc) is 3.01. The standard InChI is InChI=1S/C13H13NOS.C10H9NO/c1-8-3-5-10(6-4-8)12(15)11-9(2)7-16-13(11)14;1-8-2-4-9(5-3-8)10(12)6-7-11/h3-7H,14H2,1-2H3;2-5H,6H2,1H3. The molecule has 0 saturated carbocycles. The van der Waals surface area contributed by atoms with Crippen LogP contribution in [0.1, 0.15) is 49.4 Å². The fourth-order valence-electron chi connectivity index (χ4n) is 2.52. The summed E-state index contributed by atoms with van der Waals surface area (Å²) in [4.78, 5) is 23.3. The van der Waals surface area contributed by atoms with Gasteiger partial charge < -0.3 is 5.73 Å². The maximum Gasteiger partial charge on any atom is 0.196 e. The van der Waals surface area contributed by atoms with Gasteiger partial charge in [0.15, 0.2) is 11.6 Å². The van der Waals surface area contributed by atoms with Crippen LogP contribution in [0.2, 0.25) is 0 Å². The Morgan fingerprint density at radius 3 is 1.86 bits per heavy atom. The molecule has 0 spiro atoms. The minimum atomic E-state index is -0.113. The van der Waals surface area contributed by atoms with Gasteiger partial charge in [-0.25, -0.2) is 0 Å². The molecule has 28 heavy (non-hydrogen) atoms. The number of ketones is 2. The number of hydrogen-bond acceptors (Lipinski definition) is 5. The number of carbonyl (C=O) groups is 2. The fourth-order valence-corrected chi connectivity index (χ4v) is 3.31. The number of nitrogens with two attached hydrogens (primary N) is 1. The van der Waals surface area contributed by atoms with E-state index in [0.717, 1.165) is 16.7 Å². The lowest BCUT2D eigenvalue weighted by Crippen LogP contribution is -2.04. The molecule has 0 bridgehead atoms. The maximum absolute atomic E-state index is 12.2. The SMILES string of the molecule is Cc1ccc(C(=O)CC#N)cc1.Cc1ccc(C(=O)c2c(C)csc2N)cc1. The van der Waals surface area contributed by atoms with Gasteiger partial charge in [0.05, 0.1) is 23.1 Å². The number of nitrogens with zero attached hydrogens (tertiary/aromatic N) is 1. The van der Waals surface area contributed by atoms with Crippen LogP contribution in [0.3, 0.4) is 0 Å². The molecule has 0 fully saturated rings. The van der Waals surface area contributed by atoms with Crippen molar-refractivity contribution in [2.24, 2.45) is 0 Å². The minimum Gasteiger partial charge on any atom is -0.390 e. The summed E-state index contributed by atoms with van der Waals surface area (Å²) in [5.41, 5.74) is 11.0. The quantitative estimate of drug-likeness (QED) is 0.615. The third kappa shape index (κ3) is 5.38. The van der Waals surface area contributed by atoms with E-state index in [1.165, 1.54) is 11.3 Å². The van der Waals surface area contributed by atoms with Gasteiger partial charge in [-0.1, -0.05) is 59.7 Å². The number of anilines is 1. The van der Waals surface area contributed by atoms with Crippen LogP contribution in [-0.4, -0.2) is 11.6 Å². The number of nitriles is 1. The highest BCUT2D eigenvalue weighted by molar-refractivity contribution is 7.14.